The van der Waals surface area contributed by atoms with Crippen LogP contribution >= 0.6 is 11.6 Å². The molecule has 0 amide bonds. The predicted molar refractivity (Wildman–Crippen MR) is 165 cm³/mol. The molecular weight excluding hydrogens is 576 g/mol. The van der Waals surface area contributed by atoms with E-state index in [2.05, 4.69) is 25.4 Å². The van der Waals surface area contributed by atoms with E-state index in [0.717, 1.165) is 23.0 Å². The average molecular weight is 605 g/mol. The number of hydrogen-bond acceptors (Lipinski definition) is 10. The molecule has 4 aromatic carbocycles. The topological polar surface area (TPSA) is 152 Å². The summed E-state index contributed by atoms with van der Waals surface area (Å²) < 4.78 is 11.0. The minimum Gasteiger partial charge on any atom is -0.494 e. The number of rotatable bonds is 13. The van der Waals surface area contributed by atoms with Gasteiger partial charge in [-0.05, 0) is 31.5 Å². The normalized spacial score (nSPS) is 11.3. The molecule has 0 bridgehead atoms. The number of ether oxygens (including phenoxy) is 2. The molecule has 0 radical (unpaired) electrons. The molecule has 0 unspecified atom stereocenters. The van der Waals surface area contributed by atoms with Crippen LogP contribution in [0.4, 0.5) is 34.1 Å². The van der Waals surface area contributed by atoms with Gasteiger partial charge in [0, 0.05) is 60.2 Å². The van der Waals surface area contributed by atoms with E-state index in [1.807, 2.05) is 43.3 Å². The van der Waals surface area contributed by atoms with Gasteiger partial charge in [-0.25, -0.2) is 0 Å². The molecule has 0 saturated heterocycles. The molecule has 12 nitrogen and oxygen atoms in total. The minimum atomic E-state index is -0.811. The maximum atomic E-state index is 11.0. The van der Waals surface area contributed by atoms with Crippen LogP contribution in [0.25, 0.3) is 10.8 Å². The number of nitrogens with zero attached hydrogens (tertiary/aromatic N) is 6. The molecule has 0 aliphatic heterocycles. The molecule has 0 heterocycles. The van der Waals surface area contributed by atoms with Crippen LogP contribution < -0.4 is 14.4 Å². The lowest BCUT2D eigenvalue weighted by atomic mass is 10.1. The van der Waals surface area contributed by atoms with Gasteiger partial charge in [-0.1, -0.05) is 35.9 Å². The maximum absolute atomic E-state index is 11.0. The van der Waals surface area contributed by atoms with E-state index in [1.54, 1.807) is 12.1 Å². The summed E-state index contributed by atoms with van der Waals surface area (Å²) in [6.07, 6.45) is 0.647. The number of non-ortho nitro benzene ring substituents is 1. The molecule has 0 spiro atoms. The molecular formula is C30H29ClN6O6. The van der Waals surface area contributed by atoms with Gasteiger partial charge in [-0.2, -0.15) is 0 Å². The Bertz CT molecular complexity index is 1710. The third-order valence-electron chi connectivity index (χ3n) is 6.57. The standard InChI is InChI=1S/C30H29ClN6O6/c1-4-36(15-7-10-30(38)39)27-14-13-23(20-8-5-6-9-21(20)27)32-34-25-17-29(43-3)26(18-28(25)42-2)35-33-24-12-11-19(37(40)41)16-22(24)31/h5-6,8-9,11-14,16-18H,4,7,10,15H2,1-3H3,(H,38,39). The van der Waals surface area contributed by atoms with E-state index in [0.29, 0.717) is 41.5 Å². The van der Waals surface area contributed by atoms with Gasteiger partial charge in [0.25, 0.3) is 5.69 Å². The van der Waals surface area contributed by atoms with Crippen LogP contribution in [0, 0.1) is 10.1 Å². The number of aliphatic carboxylic acids is 1. The Kier molecular flexibility index (Phi) is 10.2. The SMILES string of the molecule is CCN(CCCC(=O)O)c1ccc(N=Nc2cc(OC)c(N=Nc3ccc([N+](=O)[O-])cc3Cl)cc2OC)c2ccccc12. The molecule has 0 aliphatic rings. The fraction of sp³-hybridized carbons (Fsp3) is 0.233. The number of anilines is 1. The highest BCUT2D eigenvalue weighted by Crippen LogP contribution is 2.42. The van der Waals surface area contributed by atoms with Crippen molar-refractivity contribution >= 4 is 62.5 Å². The van der Waals surface area contributed by atoms with Crippen molar-refractivity contribution in [2.24, 2.45) is 20.5 Å². The Morgan fingerprint density at radius 1 is 0.884 bits per heavy atom. The van der Waals surface area contributed by atoms with Gasteiger partial charge in [0.15, 0.2) is 0 Å². The summed E-state index contributed by atoms with van der Waals surface area (Å²) >= 11 is 6.14. The van der Waals surface area contributed by atoms with Crippen molar-refractivity contribution in [2.45, 2.75) is 19.8 Å². The van der Waals surface area contributed by atoms with E-state index in [9.17, 15) is 14.9 Å². The average Bonchev–Trinajstić information content (AvgIpc) is 3.01. The lowest BCUT2D eigenvalue weighted by Crippen LogP contribution is -2.24. The number of hydrogen-bond donors (Lipinski definition) is 1. The molecule has 0 saturated carbocycles. The molecule has 1 N–H and O–H groups in total. The molecule has 4 aromatic rings. The van der Waals surface area contributed by atoms with Gasteiger partial charge in [0.1, 0.15) is 28.6 Å². The van der Waals surface area contributed by atoms with Crippen LogP contribution in [0.15, 0.2) is 87.2 Å². The number of azo groups is 2. The van der Waals surface area contributed by atoms with E-state index in [-0.39, 0.29) is 22.8 Å². The van der Waals surface area contributed by atoms with Crippen molar-refractivity contribution in [3.05, 3.63) is 81.9 Å². The molecule has 0 atom stereocenters. The fourth-order valence-electron chi connectivity index (χ4n) is 4.43. The van der Waals surface area contributed by atoms with Crippen LogP contribution in [-0.2, 0) is 4.79 Å². The number of benzene rings is 4. The molecule has 0 aromatic heterocycles. The number of nitro groups is 1. The summed E-state index contributed by atoms with van der Waals surface area (Å²) in [4.78, 5) is 23.6. The summed E-state index contributed by atoms with van der Waals surface area (Å²) in [6, 6.07) is 18.8. The Balaban J connectivity index is 1.65. The monoisotopic (exact) mass is 604 g/mol. The van der Waals surface area contributed by atoms with Crippen LogP contribution in [0.1, 0.15) is 19.8 Å². The minimum absolute atomic E-state index is 0.0786. The van der Waals surface area contributed by atoms with Gasteiger partial charge < -0.3 is 19.5 Å². The van der Waals surface area contributed by atoms with Crippen LogP contribution in [-0.4, -0.2) is 43.3 Å². The fourth-order valence-corrected chi connectivity index (χ4v) is 4.64. The third-order valence-corrected chi connectivity index (χ3v) is 6.88. The van der Waals surface area contributed by atoms with E-state index in [1.165, 1.54) is 32.4 Å². The van der Waals surface area contributed by atoms with Crippen molar-refractivity contribution in [3.8, 4) is 11.5 Å². The first-order chi connectivity index (χ1) is 20.7. The van der Waals surface area contributed by atoms with Crippen molar-refractivity contribution in [3.63, 3.8) is 0 Å². The van der Waals surface area contributed by atoms with Crippen LogP contribution in [0.3, 0.4) is 0 Å². The Labute approximate surface area is 252 Å². The smallest absolute Gasteiger partial charge is 0.303 e. The summed E-state index contributed by atoms with van der Waals surface area (Å²) in [5, 5.41) is 39.3. The summed E-state index contributed by atoms with van der Waals surface area (Å²) in [5.41, 5.74) is 2.44. The third kappa shape index (κ3) is 7.41. The lowest BCUT2D eigenvalue weighted by Gasteiger charge is -2.25. The van der Waals surface area contributed by atoms with Crippen LogP contribution in [0.5, 0.6) is 11.5 Å². The van der Waals surface area contributed by atoms with Gasteiger partial charge in [0.05, 0.1) is 29.9 Å². The maximum Gasteiger partial charge on any atom is 0.303 e. The van der Waals surface area contributed by atoms with Gasteiger partial charge >= 0.3 is 5.97 Å². The first-order valence-electron chi connectivity index (χ1n) is 13.3. The second-order valence-electron chi connectivity index (χ2n) is 9.22. The zero-order valence-corrected chi connectivity index (χ0v) is 24.5. The largest absolute Gasteiger partial charge is 0.494 e. The number of nitro benzene ring substituents is 1. The van der Waals surface area contributed by atoms with Gasteiger partial charge in [0.2, 0.25) is 0 Å². The number of carboxylic acid groups (broad SMARTS) is 1. The van der Waals surface area contributed by atoms with E-state index >= 15 is 0 Å². The first kappa shape index (κ1) is 30.8. The number of fused-ring (bicyclic) bond motifs is 1. The van der Waals surface area contributed by atoms with Crippen molar-refractivity contribution in [1.29, 1.82) is 0 Å². The second kappa shape index (κ2) is 14.2. The van der Waals surface area contributed by atoms with Crippen LogP contribution in [0.2, 0.25) is 5.02 Å². The summed E-state index contributed by atoms with van der Waals surface area (Å²) in [7, 11) is 2.96. The highest BCUT2D eigenvalue weighted by Gasteiger charge is 2.15. The first-order valence-corrected chi connectivity index (χ1v) is 13.7. The Morgan fingerprint density at radius 3 is 2.02 bits per heavy atom. The molecule has 0 aliphatic carbocycles. The zero-order valence-electron chi connectivity index (χ0n) is 23.7. The number of methoxy groups -OCH3 is 2. The number of carbonyl (C=O) groups is 1. The molecule has 43 heavy (non-hydrogen) atoms. The Hall–Kier alpha value is -5.10. The van der Waals surface area contributed by atoms with Crippen molar-refractivity contribution in [1.82, 2.24) is 0 Å². The highest BCUT2D eigenvalue weighted by atomic mass is 35.5. The lowest BCUT2D eigenvalue weighted by molar-refractivity contribution is -0.384. The molecule has 13 heteroatoms. The van der Waals surface area contributed by atoms with Crippen molar-refractivity contribution in [2.75, 3.05) is 32.2 Å². The predicted octanol–water partition coefficient (Wildman–Crippen LogP) is 8.94. The Morgan fingerprint density at radius 2 is 1.47 bits per heavy atom. The molecule has 4 rings (SSSR count). The van der Waals surface area contributed by atoms with E-state index in [4.69, 9.17) is 26.2 Å². The molecule has 0 fully saturated rings. The van der Waals surface area contributed by atoms with Gasteiger partial charge in [-0.3, -0.25) is 14.9 Å². The van der Waals surface area contributed by atoms with Gasteiger partial charge in [-0.15, -0.1) is 20.5 Å². The highest BCUT2D eigenvalue weighted by molar-refractivity contribution is 6.33. The quantitative estimate of drug-likeness (QED) is 0.0907. The second-order valence-corrected chi connectivity index (χ2v) is 9.62. The summed E-state index contributed by atoms with van der Waals surface area (Å²) in [6.45, 7) is 3.37. The number of halogens is 1. The van der Waals surface area contributed by atoms with E-state index < -0.39 is 10.9 Å². The number of carboxylic acids is 1. The van der Waals surface area contributed by atoms with Crippen molar-refractivity contribution < 1.29 is 24.3 Å². The molecule has 222 valence electrons. The summed E-state index contributed by atoms with van der Waals surface area (Å²) in [5.74, 6) is -0.102. The zero-order chi connectivity index (χ0) is 30.9.